The van der Waals surface area contributed by atoms with Crippen LogP contribution < -0.4 is 4.74 Å². The molecule has 2 aromatic carbocycles. The third kappa shape index (κ3) is 4.25. The molecule has 0 aliphatic rings. The number of rotatable bonds is 5. The van der Waals surface area contributed by atoms with Crippen molar-refractivity contribution in [1.29, 1.82) is 0 Å². The summed E-state index contributed by atoms with van der Waals surface area (Å²) in [5.41, 5.74) is 5.14. The zero-order valence-electron chi connectivity index (χ0n) is 16.2. The molecule has 29 heavy (non-hydrogen) atoms. The van der Waals surface area contributed by atoms with E-state index in [2.05, 4.69) is 23.4 Å². The molecule has 3 nitrogen and oxygen atoms in total. The van der Waals surface area contributed by atoms with Gasteiger partial charge in [0.05, 0.1) is 5.52 Å². The SMILES string of the molecule is Cc1c(C)n(Cc2ccc(F)cc2)c2c(COc3ccc(F)cc3)nccc12.Cl. The number of nitrogens with zero attached hydrogens (tertiary/aromatic N) is 2. The first kappa shape index (κ1) is 20.8. The first-order valence-corrected chi connectivity index (χ1v) is 9.09. The summed E-state index contributed by atoms with van der Waals surface area (Å²) >= 11 is 0. The van der Waals surface area contributed by atoms with E-state index in [-0.39, 0.29) is 30.6 Å². The Morgan fingerprint density at radius 1 is 0.897 bits per heavy atom. The van der Waals surface area contributed by atoms with Gasteiger partial charge in [0.15, 0.2) is 0 Å². The fourth-order valence-corrected chi connectivity index (χ4v) is 3.42. The Kier molecular flexibility index (Phi) is 6.18. The summed E-state index contributed by atoms with van der Waals surface area (Å²) in [7, 11) is 0. The lowest BCUT2D eigenvalue weighted by Crippen LogP contribution is -2.06. The van der Waals surface area contributed by atoms with E-state index in [1.54, 1.807) is 30.5 Å². The molecule has 0 saturated heterocycles. The number of aryl methyl sites for hydroxylation is 1. The number of pyridine rings is 1. The van der Waals surface area contributed by atoms with Crippen molar-refractivity contribution in [3.63, 3.8) is 0 Å². The van der Waals surface area contributed by atoms with E-state index in [0.29, 0.717) is 12.3 Å². The van der Waals surface area contributed by atoms with Crippen molar-refractivity contribution in [3.8, 4) is 5.75 Å². The van der Waals surface area contributed by atoms with Crippen LogP contribution in [0.2, 0.25) is 0 Å². The van der Waals surface area contributed by atoms with Crippen molar-refractivity contribution < 1.29 is 13.5 Å². The molecule has 0 atom stereocenters. The molecule has 4 aromatic rings. The first-order valence-electron chi connectivity index (χ1n) is 9.09. The lowest BCUT2D eigenvalue weighted by molar-refractivity contribution is 0.302. The summed E-state index contributed by atoms with van der Waals surface area (Å²) in [6.45, 7) is 5.05. The van der Waals surface area contributed by atoms with Gasteiger partial charge in [-0.15, -0.1) is 12.4 Å². The zero-order chi connectivity index (χ0) is 19.7. The normalized spacial score (nSPS) is 10.8. The summed E-state index contributed by atoms with van der Waals surface area (Å²) in [6, 6.07) is 14.5. The van der Waals surface area contributed by atoms with Crippen LogP contribution in [0.15, 0.2) is 60.8 Å². The van der Waals surface area contributed by atoms with Crippen LogP contribution in [0.5, 0.6) is 5.75 Å². The largest absolute Gasteiger partial charge is 0.487 e. The van der Waals surface area contributed by atoms with E-state index in [4.69, 9.17) is 4.74 Å². The average Bonchev–Trinajstić information content (AvgIpc) is 2.95. The second-order valence-electron chi connectivity index (χ2n) is 6.82. The third-order valence-electron chi connectivity index (χ3n) is 5.06. The highest BCUT2D eigenvalue weighted by atomic mass is 35.5. The zero-order valence-corrected chi connectivity index (χ0v) is 17.0. The lowest BCUT2D eigenvalue weighted by Gasteiger charge is -2.12. The van der Waals surface area contributed by atoms with Crippen LogP contribution in [0.4, 0.5) is 8.78 Å². The van der Waals surface area contributed by atoms with Crippen LogP contribution in [0.1, 0.15) is 22.5 Å². The monoisotopic (exact) mass is 414 g/mol. The molecule has 0 bridgehead atoms. The Hall–Kier alpha value is -2.92. The quantitative estimate of drug-likeness (QED) is 0.401. The van der Waals surface area contributed by atoms with Gasteiger partial charge in [0.1, 0.15) is 29.7 Å². The van der Waals surface area contributed by atoms with Crippen LogP contribution in [-0.4, -0.2) is 9.55 Å². The molecule has 2 aromatic heterocycles. The highest BCUT2D eigenvalue weighted by Crippen LogP contribution is 2.28. The Balaban J connectivity index is 0.00000240. The van der Waals surface area contributed by atoms with Crippen molar-refractivity contribution >= 4 is 23.3 Å². The molecule has 4 rings (SSSR count). The van der Waals surface area contributed by atoms with Gasteiger partial charge >= 0.3 is 0 Å². The molecule has 0 amide bonds. The van der Waals surface area contributed by atoms with Gasteiger partial charge in [-0.1, -0.05) is 12.1 Å². The highest BCUT2D eigenvalue weighted by Gasteiger charge is 2.16. The Labute approximate surface area is 174 Å². The van der Waals surface area contributed by atoms with Crippen molar-refractivity contribution in [2.45, 2.75) is 27.0 Å². The molecule has 0 unspecified atom stereocenters. The molecule has 0 spiro atoms. The van der Waals surface area contributed by atoms with E-state index >= 15 is 0 Å². The van der Waals surface area contributed by atoms with E-state index in [1.807, 2.05) is 6.07 Å². The number of hydrogen-bond donors (Lipinski definition) is 0. The maximum Gasteiger partial charge on any atom is 0.132 e. The van der Waals surface area contributed by atoms with Crippen molar-refractivity contribution in [3.05, 3.63) is 94.9 Å². The van der Waals surface area contributed by atoms with Crippen molar-refractivity contribution in [2.75, 3.05) is 0 Å². The van der Waals surface area contributed by atoms with Gasteiger partial charge in [-0.05, 0) is 67.4 Å². The van der Waals surface area contributed by atoms with Crippen molar-refractivity contribution in [2.24, 2.45) is 0 Å². The Morgan fingerprint density at radius 2 is 1.52 bits per heavy atom. The van der Waals surface area contributed by atoms with E-state index < -0.39 is 0 Å². The summed E-state index contributed by atoms with van der Waals surface area (Å²) in [5.74, 6) is 0.0429. The number of benzene rings is 2. The van der Waals surface area contributed by atoms with Crippen LogP contribution in [0.3, 0.4) is 0 Å². The molecule has 0 aliphatic heterocycles. The van der Waals surface area contributed by atoms with Crippen LogP contribution in [-0.2, 0) is 13.2 Å². The van der Waals surface area contributed by atoms with Gasteiger partial charge in [0.2, 0.25) is 0 Å². The number of halogens is 3. The lowest BCUT2D eigenvalue weighted by atomic mass is 10.2. The minimum atomic E-state index is -0.299. The van der Waals surface area contributed by atoms with Gasteiger partial charge in [0, 0.05) is 23.8 Å². The summed E-state index contributed by atoms with van der Waals surface area (Å²) < 4.78 is 34.4. The number of ether oxygens (including phenoxy) is 1. The van der Waals surface area contributed by atoms with E-state index in [9.17, 15) is 8.78 Å². The fraction of sp³-hybridized carbons (Fsp3) is 0.174. The number of hydrogen-bond acceptors (Lipinski definition) is 2. The second-order valence-corrected chi connectivity index (χ2v) is 6.82. The molecular formula is C23H21ClF2N2O. The third-order valence-corrected chi connectivity index (χ3v) is 5.06. The number of fused-ring (bicyclic) bond motifs is 1. The number of aromatic nitrogens is 2. The Morgan fingerprint density at radius 3 is 2.17 bits per heavy atom. The molecule has 0 saturated carbocycles. The molecule has 6 heteroatoms. The molecule has 2 heterocycles. The van der Waals surface area contributed by atoms with Gasteiger partial charge in [-0.2, -0.15) is 0 Å². The first-order chi connectivity index (χ1) is 13.5. The van der Waals surface area contributed by atoms with Crippen LogP contribution in [0, 0.1) is 25.5 Å². The summed E-state index contributed by atoms with van der Waals surface area (Å²) in [4.78, 5) is 4.53. The predicted molar refractivity (Wildman–Crippen MR) is 113 cm³/mol. The van der Waals surface area contributed by atoms with Crippen LogP contribution in [0.25, 0.3) is 10.9 Å². The Bertz CT molecular complexity index is 1120. The molecule has 150 valence electrons. The maximum absolute atomic E-state index is 13.3. The van der Waals surface area contributed by atoms with Gasteiger partial charge in [-0.25, -0.2) is 8.78 Å². The smallest absolute Gasteiger partial charge is 0.132 e. The molecule has 0 radical (unpaired) electrons. The summed E-state index contributed by atoms with van der Waals surface area (Å²) in [6.07, 6.45) is 1.78. The predicted octanol–water partition coefficient (Wildman–Crippen LogP) is 5.98. The minimum absolute atomic E-state index is 0. The maximum atomic E-state index is 13.3. The fourth-order valence-electron chi connectivity index (χ4n) is 3.42. The van der Waals surface area contributed by atoms with E-state index in [1.165, 1.54) is 29.8 Å². The topological polar surface area (TPSA) is 27.1 Å². The van der Waals surface area contributed by atoms with Gasteiger partial charge < -0.3 is 9.30 Å². The average molecular weight is 415 g/mol. The summed E-state index contributed by atoms with van der Waals surface area (Å²) in [5, 5.41) is 1.12. The molecule has 0 N–H and O–H groups in total. The molecule has 0 fully saturated rings. The van der Waals surface area contributed by atoms with Gasteiger partial charge in [-0.3, -0.25) is 4.98 Å². The standard InChI is InChI=1S/C23H20F2N2O.ClH/c1-15-16(2)27(13-17-3-5-18(24)6-4-17)23-21(15)11-12-26-22(23)14-28-20-9-7-19(25)8-10-20;/h3-12H,13-14H2,1-2H3;1H. The van der Waals surface area contributed by atoms with E-state index in [0.717, 1.165) is 27.9 Å². The van der Waals surface area contributed by atoms with Gasteiger partial charge in [0.25, 0.3) is 0 Å². The molecule has 0 aliphatic carbocycles. The minimum Gasteiger partial charge on any atom is -0.487 e. The second kappa shape index (κ2) is 8.62. The van der Waals surface area contributed by atoms with Crippen molar-refractivity contribution in [1.82, 2.24) is 9.55 Å². The molecular weight excluding hydrogens is 394 g/mol. The van der Waals surface area contributed by atoms with Crippen LogP contribution >= 0.6 is 12.4 Å². The highest BCUT2D eigenvalue weighted by molar-refractivity contribution is 5.87.